The first kappa shape index (κ1) is 33.5. The summed E-state index contributed by atoms with van der Waals surface area (Å²) in [6.45, 7) is 0. The third kappa shape index (κ3) is 5.06. The lowest BCUT2D eigenvalue weighted by Crippen LogP contribution is -2.29. The van der Waals surface area contributed by atoms with Crippen molar-refractivity contribution in [2.45, 2.75) is 5.41 Å². The van der Waals surface area contributed by atoms with Gasteiger partial charge in [-0.25, -0.2) is 0 Å². The monoisotopic (exact) mass is 751 g/mol. The van der Waals surface area contributed by atoms with E-state index >= 15 is 0 Å². The van der Waals surface area contributed by atoms with E-state index in [2.05, 4.69) is 229 Å². The van der Waals surface area contributed by atoms with Crippen molar-refractivity contribution in [3.63, 3.8) is 0 Å². The Morgan fingerprint density at radius 3 is 1.24 bits per heavy atom. The number of anilines is 3. The second-order valence-electron chi connectivity index (χ2n) is 15.6. The maximum Gasteiger partial charge on any atom is 0.135 e. The Labute approximate surface area is 342 Å². The fourth-order valence-corrected chi connectivity index (χ4v) is 9.96. The van der Waals surface area contributed by atoms with Crippen molar-refractivity contribution in [2.75, 3.05) is 4.90 Å². The molecule has 10 aromatic carbocycles. The molecule has 11 aromatic rings. The molecule has 59 heavy (non-hydrogen) atoms. The van der Waals surface area contributed by atoms with Crippen molar-refractivity contribution in [2.24, 2.45) is 0 Å². The first-order chi connectivity index (χ1) is 29.3. The molecule has 0 amide bonds. The van der Waals surface area contributed by atoms with Gasteiger partial charge in [-0.15, -0.1) is 0 Å². The zero-order valence-corrected chi connectivity index (χ0v) is 32.2. The molecule has 0 fully saturated rings. The summed E-state index contributed by atoms with van der Waals surface area (Å²) in [5, 5.41) is 7.43. The second-order valence-corrected chi connectivity index (χ2v) is 15.6. The minimum absolute atomic E-state index is 0.495. The standard InChI is InChI=1S/C57H37NO/c1-2-16-42(17-3-1)57(51-22-10-24-53-55(51)56-52(57)23-11-25-54(56)59-53)43-30-36-46(37-31-43)58(44-32-26-40(27-33-44)49-20-8-14-38-12-4-6-18-47(38)49)45-34-28-41(29-35-45)50-21-9-15-39-13-5-7-19-48(39)50/h1-37H. The molecule has 276 valence electrons. The molecule has 0 spiro atoms. The predicted octanol–water partition coefficient (Wildman–Crippen LogP) is 15.4. The number of nitrogens with zero attached hydrogens (tertiary/aromatic N) is 1. The predicted molar refractivity (Wildman–Crippen MR) is 246 cm³/mol. The number of fused-ring (bicyclic) bond motifs is 2. The van der Waals surface area contributed by atoms with Crippen LogP contribution in [0, 0.1) is 0 Å². The molecule has 0 unspecified atom stereocenters. The van der Waals surface area contributed by atoms with Gasteiger partial charge in [0, 0.05) is 27.8 Å². The molecule has 0 saturated carbocycles. The summed E-state index contributed by atoms with van der Waals surface area (Å²) < 4.78 is 6.40. The van der Waals surface area contributed by atoms with E-state index in [0.29, 0.717) is 0 Å². The molecule has 1 heterocycles. The highest BCUT2D eigenvalue weighted by Gasteiger charge is 2.46. The molecule has 1 aliphatic carbocycles. The van der Waals surface area contributed by atoms with Gasteiger partial charge in [0.2, 0.25) is 0 Å². The van der Waals surface area contributed by atoms with Gasteiger partial charge in [0.05, 0.1) is 5.41 Å². The molecule has 2 nitrogen and oxygen atoms in total. The van der Waals surface area contributed by atoms with Crippen LogP contribution in [0.5, 0.6) is 0 Å². The Morgan fingerprint density at radius 1 is 0.322 bits per heavy atom. The second kappa shape index (κ2) is 13.2. The number of hydrogen-bond donors (Lipinski definition) is 0. The zero-order chi connectivity index (χ0) is 38.9. The summed E-state index contributed by atoms with van der Waals surface area (Å²) in [5.74, 6) is 0. The van der Waals surface area contributed by atoms with Gasteiger partial charge in [-0.1, -0.05) is 176 Å². The van der Waals surface area contributed by atoms with E-state index in [9.17, 15) is 0 Å². The number of hydrogen-bond acceptors (Lipinski definition) is 2. The van der Waals surface area contributed by atoms with Crippen LogP contribution in [-0.4, -0.2) is 0 Å². The van der Waals surface area contributed by atoms with Crippen molar-refractivity contribution in [1.82, 2.24) is 0 Å². The Balaban J connectivity index is 1.01. The SMILES string of the molecule is c1ccc(C2(c3ccc(N(c4ccc(-c5cccc6ccccc56)cc4)c4ccc(-c5cccc6ccccc56)cc4)cc3)c3cccc4oc5cccc2c5c34)cc1. The van der Waals surface area contributed by atoms with Gasteiger partial charge in [-0.2, -0.15) is 0 Å². The molecule has 0 atom stereocenters. The number of benzene rings is 10. The lowest BCUT2D eigenvalue weighted by Gasteiger charge is -2.35. The summed E-state index contributed by atoms with van der Waals surface area (Å²) in [6.07, 6.45) is 0. The van der Waals surface area contributed by atoms with Crippen LogP contribution >= 0.6 is 0 Å². The van der Waals surface area contributed by atoms with Gasteiger partial charge in [-0.3, -0.25) is 0 Å². The maximum absolute atomic E-state index is 6.40. The van der Waals surface area contributed by atoms with Crippen molar-refractivity contribution < 1.29 is 4.42 Å². The molecule has 12 rings (SSSR count). The van der Waals surface area contributed by atoms with Gasteiger partial charge in [0.15, 0.2) is 0 Å². The fraction of sp³-hybridized carbons (Fsp3) is 0.0175. The van der Waals surface area contributed by atoms with Crippen LogP contribution in [0.15, 0.2) is 229 Å². The maximum atomic E-state index is 6.40. The molecule has 1 aromatic heterocycles. The van der Waals surface area contributed by atoms with E-state index in [1.165, 1.54) is 76.8 Å². The zero-order valence-electron chi connectivity index (χ0n) is 32.2. The number of furan rings is 1. The van der Waals surface area contributed by atoms with Crippen LogP contribution in [0.3, 0.4) is 0 Å². The first-order valence-electron chi connectivity index (χ1n) is 20.3. The summed E-state index contributed by atoms with van der Waals surface area (Å²) >= 11 is 0. The first-order valence-corrected chi connectivity index (χ1v) is 20.3. The fourth-order valence-electron chi connectivity index (χ4n) is 9.96. The van der Waals surface area contributed by atoms with E-state index < -0.39 is 5.41 Å². The highest BCUT2D eigenvalue weighted by atomic mass is 16.3. The smallest absolute Gasteiger partial charge is 0.135 e. The van der Waals surface area contributed by atoms with Crippen molar-refractivity contribution in [3.8, 4) is 22.3 Å². The van der Waals surface area contributed by atoms with Gasteiger partial charge < -0.3 is 9.32 Å². The number of rotatable bonds is 7. The van der Waals surface area contributed by atoms with Gasteiger partial charge >= 0.3 is 0 Å². The lowest BCUT2D eigenvalue weighted by molar-refractivity contribution is 0.663. The molecule has 0 aliphatic heterocycles. The summed E-state index contributed by atoms with van der Waals surface area (Å²) in [5.41, 5.74) is 14.5. The Bertz CT molecular complexity index is 3170. The lowest BCUT2D eigenvalue weighted by atomic mass is 9.67. The Hall–Kier alpha value is -7.68. The van der Waals surface area contributed by atoms with Crippen LogP contribution < -0.4 is 4.90 Å². The highest BCUT2D eigenvalue weighted by Crippen LogP contribution is 2.57. The van der Waals surface area contributed by atoms with E-state index in [0.717, 1.165) is 28.2 Å². The largest absolute Gasteiger partial charge is 0.456 e. The van der Waals surface area contributed by atoms with E-state index in [1.807, 2.05) is 0 Å². The quantitative estimate of drug-likeness (QED) is 0.161. The van der Waals surface area contributed by atoms with E-state index in [4.69, 9.17) is 4.42 Å². The minimum atomic E-state index is -0.495. The summed E-state index contributed by atoms with van der Waals surface area (Å²) in [4.78, 5) is 2.38. The molecule has 1 aliphatic rings. The topological polar surface area (TPSA) is 16.4 Å². The van der Waals surface area contributed by atoms with Gasteiger partial charge in [0.25, 0.3) is 0 Å². The molecule has 0 bridgehead atoms. The van der Waals surface area contributed by atoms with E-state index in [1.54, 1.807) is 0 Å². The molecule has 0 radical (unpaired) electrons. The summed E-state index contributed by atoms with van der Waals surface area (Å²) in [6, 6.07) is 81.7. The minimum Gasteiger partial charge on any atom is -0.456 e. The van der Waals surface area contributed by atoms with Crippen LogP contribution in [-0.2, 0) is 5.41 Å². The van der Waals surface area contributed by atoms with Crippen LogP contribution in [0.1, 0.15) is 22.3 Å². The van der Waals surface area contributed by atoms with Crippen LogP contribution in [0.4, 0.5) is 17.1 Å². The Kier molecular flexibility index (Phi) is 7.48. The molecular weight excluding hydrogens is 715 g/mol. The van der Waals surface area contributed by atoms with E-state index in [-0.39, 0.29) is 0 Å². The molecule has 2 heteroatoms. The molecule has 0 saturated heterocycles. The molecule has 0 N–H and O–H groups in total. The normalized spacial score (nSPS) is 12.9. The van der Waals surface area contributed by atoms with Gasteiger partial charge in [0.1, 0.15) is 11.2 Å². The third-order valence-electron chi connectivity index (χ3n) is 12.5. The highest BCUT2D eigenvalue weighted by molar-refractivity contribution is 6.14. The van der Waals surface area contributed by atoms with Crippen molar-refractivity contribution in [3.05, 3.63) is 247 Å². The summed E-state index contributed by atoms with van der Waals surface area (Å²) in [7, 11) is 0. The average molecular weight is 752 g/mol. The van der Waals surface area contributed by atoms with Gasteiger partial charge in [-0.05, 0) is 115 Å². The third-order valence-corrected chi connectivity index (χ3v) is 12.5. The van der Waals surface area contributed by atoms with Crippen LogP contribution in [0.25, 0.3) is 65.7 Å². The molecular formula is C57H37NO. The Morgan fingerprint density at radius 2 is 0.729 bits per heavy atom. The van der Waals surface area contributed by atoms with Crippen molar-refractivity contribution >= 4 is 60.5 Å². The van der Waals surface area contributed by atoms with Crippen LogP contribution in [0.2, 0.25) is 0 Å². The van der Waals surface area contributed by atoms with Crippen molar-refractivity contribution in [1.29, 1.82) is 0 Å². The average Bonchev–Trinajstić information content (AvgIpc) is 3.85.